The average Bonchev–Trinajstić information content (AvgIpc) is 3.22. The summed E-state index contributed by atoms with van der Waals surface area (Å²) in [5.41, 5.74) is 3.23. The Hall–Kier alpha value is -2.54. The Bertz CT molecular complexity index is 1080. The highest BCUT2D eigenvalue weighted by Gasteiger charge is 2.38. The fourth-order valence-electron chi connectivity index (χ4n) is 5.32. The third-order valence-electron chi connectivity index (χ3n) is 7.29. The quantitative estimate of drug-likeness (QED) is 0.492. The molecule has 6 nitrogen and oxygen atoms in total. The van der Waals surface area contributed by atoms with Gasteiger partial charge in [-0.2, -0.15) is 0 Å². The highest BCUT2D eigenvalue weighted by Crippen LogP contribution is 2.47. The lowest BCUT2D eigenvalue weighted by molar-refractivity contribution is -0.138. The number of hydrogen-bond acceptors (Lipinski definition) is 5. The zero-order valence-corrected chi connectivity index (χ0v) is 18.4. The second-order valence-electron chi connectivity index (χ2n) is 9.19. The van der Waals surface area contributed by atoms with Gasteiger partial charge in [-0.3, -0.25) is 4.79 Å². The van der Waals surface area contributed by atoms with Gasteiger partial charge in [-0.1, -0.05) is 6.07 Å². The van der Waals surface area contributed by atoms with Crippen LogP contribution >= 0.6 is 12.6 Å². The van der Waals surface area contributed by atoms with Crippen LogP contribution in [0.2, 0.25) is 0 Å². The number of carboxylic acid groups (broad SMARTS) is 1. The second-order valence-corrected chi connectivity index (χ2v) is 9.67. The van der Waals surface area contributed by atoms with Crippen LogP contribution in [0.1, 0.15) is 44.9 Å². The first-order chi connectivity index (χ1) is 15.0. The van der Waals surface area contributed by atoms with Crippen LogP contribution in [0.5, 0.6) is 0 Å². The van der Waals surface area contributed by atoms with E-state index in [1.54, 1.807) is 0 Å². The molecule has 1 aliphatic heterocycles. The normalized spacial score (nSPS) is 19.2. The third kappa shape index (κ3) is 4.15. The number of benzene rings is 1. The molecule has 0 amide bonds. The van der Waals surface area contributed by atoms with Crippen molar-refractivity contribution in [2.24, 2.45) is 11.3 Å². The number of rotatable bonds is 4. The molecule has 162 valence electrons. The summed E-state index contributed by atoms with van der Waals surface area (Å²) in [6, 6.07) is 10.1. The standard InChI is InChI=1S/C24H28N4O2S/c29-21(30)14-16-6-8-24(9-7-16)10-12-28(13-11-24)20-5-4-17(15-25-20)23-26-18-2-1-3-19(31)22(18)27-23/h1-5,15-16,31H,6-14H2,(H,26,27)(H,29,30). The molecule has 1 aliphatic carbocycles. The third-order valence-corrected chi connectivity index (χ3v) is 7.67. The van der Waals surface area contributed by atoms with E-state index in [4.69, 9.17) is 10.1 Å². The first kappa shape index (κ1) is 20.4. The number of piperidine rings is 1. The highest BCUT2D eigenvalue weighted by atomic mass is 32.1. The van der Waals surface area contributed by atoms with Crippen LogP contribution in [0.3, 0.4) is 0 Å². The minimum atomic E-state index is -0.654. The summed E-state index contributed by atoms with van der Waals surface area (Å²) in [5.74, 6) is 1.54. The van der Waals surface area contributed by atoms with Crippen LogP contribution in [0, 0.1) is 11.3 Å². The molecule has 1 saturated heterocycles. The van der Waals surface area contributed by atoms with Gasteiger partial charge >= 0.3 is 5.97 Å². The number of anilines is 1. The molecule has 3 heterocycles. The van der Waals surface area contributed by atoms with Crippen LogP contribution in [-0.2, 0) is 4.79 Å². The van der Waals surface area contributed by atoms with E-state index in [1.165, 1.54) is 25.7 Å². The summed E-state index contributed by atoms with van der Waals surface area (Å²) in [6.07, 6.45) is 9.03. The summed E-state index contributed by atoms with van der Waals surface area (Å²) >= 11 is 4.50. The molecular weight excluding hydrogens is 408 g/mol. The zero-order chi connectivity index (χ0) is 21.4. The number of carbonyl (C=O) groups is 1. The van der Waals surface area contributed by atoms with Gasteiger partial charge in [0.25, 0.3) is 0 Å². The number of thiol groups is 1. The molecule has 2 aromatic heterocycles. The Morgan fingerprint density at radius 1 is 1.16 bits per heavy atom. The average molecular weight is 437 g/mol. The van der Waals surface area contributed by atoms with E-state index in [-0.39, 0.29) is 0 Å². The van der Waals surface area contributed by atoms with Crippen molar-refractivity contribution in [2.75, 3.05) is 18.0 Å². The van der Waals surface area contributed by atoms with E-state index >= 15 is 0 Å². The van der Waals surface area contributed by atoms with Crippen molar-refractivity contribution in [3.63, 3.8) is 0 Å². The maximum Gasteiger partial charge on any atom is 0.303 e. The minimum absolute atomic E-state index is 0.332. The van der Waals surface area contributed by atoms with Crippen molar-refractivity contribution in [2.45, 2.75) is 49.8 Å². The van der Waals surface area contributed by atoms with E-state index in [0.717, 1.165) is 59.1 Å². The Kier molecular flexibility index (Phi) is 5.38. The van der Waals surface area contributed by atoms with Crippen LogP contribution in [0.4, 0.5) is 5.82 Å². The van der Waals surface area contributed by atoms with Crippen molar-refractivity contribution in [1.82, 2.24) is 15.0 Å². The molecular formula is C24H28N4O2S. The van der Waals surface area contributed by atoms with E-state index < -0.39 is 5.97 Å². The van der Waals surface area contributed by atoms with Crippen molar-refractivity contribution in [3.05, 3.63) is 36.5 Å². The van der Waals surface area contributed by atoms with Gasteiger partial charge < -0.3 is 15.0 Å². The lowest BCUT2D eigenvalue weighted by atomic mass is 9.65. The number of aromatic amines is 1. The van der Waals surface area contributed by atoms with Crippen molar-refractivity contribution in [3.8, 4) is 11.4 Å². The summed E-state index contributed by atoms with van der Waals surface area (Å²) in [7, 11) is 0. The smallest absolute Gasteiger partial charge is 0.303 e. The molecule has 2 fully saturated rings. The van der Waals surface area contributed by atoms with Crippen molar-refractivity contribution in [1.29, 1.82) is 0 Å². The van der Waals surface area contributed by atoms with Crippen LogP contribution < -0.4 is 4.90 Å². The van der Waals surface area contributed by atoms with Gasteiger partial charge in [0.2, 0.25) is 0 Å². The first-order valence-corrected chi connectivity index (χ1v) is 11.6. The lowest BCUT2D eigenvalue weighted by Gasteiger charge is -2.46. The molecule has 2 aliphatic rings. The maximum atomic E-state index is 11.0. The predicted molar refractivity (Wildman–Crippen MR) is 125 cm³/mol. The maximum absolute atomic E-state index is 11.0. The Morgan fingerprint density at radius 3 is 2.58 bits per heavy atom. The van der Waals surface area contributed by atoms with Gasteiger partial charge in [-0.05, 0) is 74.1 Å². The second kappa shape index (κ2) is 8.19. The van der Waals surface area contributed by atoms with Gasteiger partial charge in [0.1, 0.15) is 11.6 Å². The summed E-state index contributed by atoms with van der Waals surface area (Å²) in [4.78, 5) is 27.0. The molecule has 0 unspecified atom stereocenters. The highest BCUT2D eigenvalue weighted by molar-refractivity contribution is 7.80. The Labute approximate surface area is 187 Å². The fraction of sp³-hybridized carbons (Fsp3) is 0.458. The van der Waals surface area contributed by atoms with Crippen LogP contribution in [0.15, 0.2) is 41.4 Å². The largest absolute Gasteiger partial charge is 0.481 e. The number of aliphatic carboxylic acids is 1. The SMILES string of the molecule is O=C(O)CC1CCC2(CC1)CCN(c1ccc(-c3nc4cccc(S)c4[nH]3)cn1)CC2. The Morgan fingerprint density at radius 2 is 1.94 bits per heavy atom. The monoisotopic (exact) mass is 436 g/mol. The number of nitrogens with one attached hydrogen (secondary N) is 1. The van der Waals surface area contributed by atoms with Gasteiger partial charge in [0.05, 0.1) is 11.0 Å². The lowest BCUT2D eigenvalue weighted by Crippen LogP contribution is -2.42. The number of aromatic nitrogens is 3. The molecule has 1 spiro atoms. The summed E-state index contributed by atoms with van der Waals surface area (Å²) in [6.45, 7) is 2.03. The molecule has 3 aromatic rings. The number of para-hydroxylation sites is 1. The summed E-state index contributed by atoms with van der Waals surface area (Å²) < 4.78 is 0. The molecule has 2 N–H and O–H groups in total. The van der Waals surface area contributed by atoms with E-state index in [9.17, 15) is 4.79 Å². The Balaban J connectivity index is 1.22. The molecule has 0 atom stereocenters. The molecule has 1 aromatic carbocycles. The van der Waals surface area contributed by atoms with E-state index in [1.807, 2.05) is 24.4 Å². The van der Waals surface area contributed by atoms with E-state index in [0.29, 0.717) is 17.8 Å². The topological polar surface area (TPSA) is 82.1 Å². The molecule has 1 saturated carbocycles. The van der Waals surface area contributed by atoms with Crippen LogP contribution in [-0.4, -0.2) is 39.1 Å². The number of carboxylic acids is 1. The predicted octanol–water partition coefficient (Wildman–Crippen LogP) is 5.17. The van der Waals surface area contributed by atoms with Crippen LogP contribution in [0.25, 0.3) is 22.4 Å². The van der Waals surface area contributed by atoms with Gasteiger partial charge in [0, 0.05) is 36.2 Å². The first-order valence-electron chi connectivity index (χ1n) is 11.1. The molecule has 5 rings (SSSR count). The number of H-pyrrole nitrogens is 1. The molecule has 7 heteroatoms. The molecule has 0 bridgehead atoms. The van der Waals surface area contributed by atoms with Gasteiger partial charge in [-0.15, -0.1) is 12.6 Å². The number of imidazole rings is 1. The fourth-order valence-corrected chi connectivity index (χ4v) is 5.57. The van der Waals surface area contributed by atoms with Crippen molar-refractivity contribution >= 4 is 35.4 Å². The minimum Gasteiger partial charge on any atom is -0.481 e. The number of nitrogens with zero attached hydrogens (tertiary/aromatic N) is 3. The molecule has 0 radical (unpaired) electrons. The van der Waals surface area contributed by atoms with Crippen molar-refractivity contribution < 1.29 is 9.90 Å². The number of fused-ring (bicyclic) bond motifs is 1. The molecule has 31 heavy (non-hydrogen) atoms. The zero-order valence-electron chi connectivity index (χ0n) is 17.5. The number of hydrogen-bond donors (Lipinski definition) is 3. The van der Waals surface area contributed by atoms with E-state index in [2.05, 4.69) is 39.6 Å². The van der Waals surface area contributed by atoms with Gasteiger partial charge in [-0.25, -0.2) is 9.97 Å². The van der Waals surface area contributed by atoms with Gasteiger partial charge in [0.15, 0.2) is 0 Å². The summed E-state index contributed by atoms with van der Waals surface area (Å²) in [5, 5.41) is 9.05. The number of pyridine rings is 1.